The molecule has 5 nitrogen and oxygen atoms in total. The van der Waals surface area contributed by atoms with Crippen LogP contribution in [0.1, 0.15) is 5.56 Å². The Balaban J connectivity index is 0. The van der Waals surface area contributed by atoms with Crippen LogP contribution in [-0.2, 0) is 15.3 Å². The van der Waals surface area contributed by atoms with Gasteiger partial charge in [-0.15, -0.1) is 6.58 Å². The summed E-state index contributed by atoms with van der Waals surface area (Å²) in [4.78, 5) is 9.25. The number of hydrogen-bond donors (Lipinski definition) is 2. The van der Waals surface area contributed by atoms with Crippen molar-refractivity contribution in [1.29, 1.82) is 0 Å². The SMILES string of the molecule is C=CC(=O)O.C=CCc1ccc(O)c(OC)c1.C[Si]O[Si](C)(C)C. The second kappa shape index (κ2) is 13.6. The summed E-state index contributed by atoms with van der Waals surface area (Å²) in [5.41, 5.74) is 1.08. The molecule has 1 aromatic carbocycles. The third-order valence-corrected chi connectivity index (χ3v) is 5.47. The largest absolute Gasteiger partial charge is 0.504 e. The zero-order valence-corrected chi connectivity index (χ0v) is 17.1. The Morgan fingerprint density at radius 2 is 1.88 bits per heavy atom. The highest BCUT2D eigenvalue weighted by Gasteiger charge is 2.11. The maximum absolute atomic E-state index is 9.25. The van der Waals surface area contributed by atoms with Gasteiger partial charge in [-0.3, -0.25) is 0 Å². The lowest BCUT2D eigenvalue weighted by Gasteiger charge is -2.14. The van der Waals surface area contributed by atoms with Gasteiger partial charge in [-0.1, -0.05) is 18.7 Å². The van der Waals surface area contributed by atoms with Crippen LogP contribution in [-0.4, -0.2) is 41.4 Å². The lowest BCUT2D eigenvalue weighted by molar-refractivity contribution is -0.131. The Kier molecular flexibility index (Phi) is 13.8. The highest BCUT2D eigenvalue weighted by molar-refractivity contribution is 6.73. The molecule has 0 bridgehead atoms. The topological polar surface area (TPSA) is 76.0 Å². The number of benzene rings is 1. The van der Waals surface area contributed by atoms with Gasteiger partial charge >= 0.3 is 5.97 Å². The normalized spacial score (nSPS) is 9.54. The predicted octanol–water partition coefficient (Wildman–Crippen LogP) is 3.89. The number of aromatic hydroxyl groups is 1. The number of carboxylic acids is 1. The van der Waals surface area contributed by atoms with Gasteiger partial charge < -0.3 is 19.1 Å². The average Bonchev–Trinajstić information content (AvgIpc) is 2.49. The number of ether oxygens (including phenoxy) is 1. The lowest BCUT2D eigenvalue weighted by Crippen LogP contribution is -2.26. The van der Waals surface area contributed by atoms with Gasteiger partial charge in [0.2, 0.25) is 9.76 Å². The van der Waals surface area contributed by atoms with E-state index in [2.05, 4.69) is 39.3 Å². The summed E-state index contributed by atoms with van der Waals surface area (Å²) in [5, 5.41) is 16.9. The first kappa shape index (κ1) is 24.4. The van der Waals surface area contributed by atoms with Crippen LogP contribution in [0.5, 0.6) is 11.5 Å². The van der Waals surface area contributed by atoms with Crippen molar-refractivity contribution in [3.8, 4) is 11.5 Å². The molecular formula is C17H28O5Si2. The van der Waals surface area contributed by atoms with Gasteiger partial charge in [-0.05, 0) is 50.3 Å². The van der Waals surface area contributed by atoms with Crippen molar-refractivity contribution in [2.24, 2.45) is 0 Å². The van der Waals surface area contributed by atoms with Crippen molar-refractivity contribution >= 4 is 24.0 Å². The monoisotopic (exact) mass is 368 g/mol. The summed E-state index contributed by atoms with van der Waals surface area (Å²) < 4.78 is 10.3. The molecule has 0 aliphatic rings. The minimum absolute atomic E-state index is 0.172. The first-order valence-corrected chi connectivity index (χ1v) is 12.1. The fourth-order valence-electron chi connectivity index (χ4n) is 1.32. The number of phenols is 1. The first-order chi connectivity index (χ1) is 11.1. The van der Waals surface area contributed by atoms with Crippen LogP contribution in [0.3, 0.4) is 0 Å². The highest BCUT2D eigenvalue weighted by atomic mass is 28.4. The molecule has 0 aromatic heterocycles. The molecule has 0 aliphatic heterocycles. The van der Waals surface area contributed by atoms with Gasteiger partial charge in [0.25, 0.3) is 0 Å². The molecule has 0 amide bonds. The Morgan fingerprint density at radius 3 is 2.17 bits per heavy atom. The molecule has 0 aliphatic carbocycles. The van der Waals surface area contributed by atoms with Crippen molar-refractivity contribution in [3.05, 3.63) is 49.1 Å². The summed E-state index contributed by atoms with van der Waals surface area (Å²) in [5.74, 6) is -0.301. The van der Waals surface area contributed by atoms with Gasteiger partial charge in [0, 0.05) is 6.08 Å². The van der Waals surface area contributed by atoms with E-state index >= 15 is 0 Å². The molecule has 7 heteroatoms. The molecule has 0 unspecified atom stereocenters. The van der Waals surface area contributed by atoms with Crippen LogP contribution in [0.2, 0.25) is 26.2 Å². The van der Waals surface area contributed by atoms with Crippen LogP contribution in [0, 0.1) is 0 Å². The maximum atomic E-state index is 9.25. The van der Waals surface area contributed by atoms with E-state index in [4.69, 9.17) is 14.0 Å². The highest BCUT2D eigenvalue weighted by Crippen LogP contribution is 2.26. The summed E-state index contributed by atoms with van der Waals surface area (Å²) in [6, 6.07) is 5.27. The van der Waals surface area contributed by atoms with E-state index in [-0.39, 0.29) is 5.75 Å². The van der Waals surface area contributed by atoms with Gasteiger partial charge in [0.05, 0.1) is 7.11 Å². The molecule has 0 atom stereocenters. The minimum atomic E-state index is -1.14. The van der Waals surface area contributed by atoms with Gasteiger partial charge in [0.15, 0.2) is 19.8 Å². The number of rotatable bonds is 6. The molecule has 2 radical (unpaired) electrons. The van der Waals surface area contributed by atoms with Crippen LogP contribution < -0.4 is 4.74 Å². The number of aliphatic carboxylic acids is 1. The number of carboxylic acid groups (broad SMARTS) is 1. The number of allylic oxidation sites excluding steroid dienone is 1. The van der Waals surface area contributed by atoms with E-state index in [1.165, 1.54) is 7.11 Å². The van der Waals surface area contributed by atoms with E-state index in [1.807, 2.05) is 12.1 Å². The van der Waals surface area contributed by atoms with Crippen molar-refractivity contribution in [2.45, 2.75) is 32.6 Å². The van der Waals surface area contributed by atoms with E-state index < -0.39 is 14.3 Å². The van der Waals surface area contributed by atoms with Gasteiger partial charge in [-0.25, -0.2) is 4.79 Å². The third-order valence-electron chi connectivity index (χ3n) is 2.21. The van der Waals surface area contributed by atoms with Crippen molar-refractivity contribution in [1.82, 2.24) is 0 Å². The summed E-state index contributed by atoms with van der Waals surface area (Å²) >= 11 is 0. The Labute approximate surface area is 148 Å². The van der Waals surface area contributed by atoms with Crippen LogP contribution >= 0.6 is 0 Å². The standard InChI is InChI=1S/C10H12O2.C4H12OSi2.C3H4O2/c1-3-4-8-5-6-9(11)10(7-8)12-2;1-6-5-7(2,3)4;1-2-3(4)5/h3,5-7,11H,1,4H2,2H3;1-4H3;2H,1H2,(H,4,5). The van der Waals surface area contributed by atoms with Crippen LogP contribution in [0.15, 0.2) is 43.5 Å². The second-order valence-corrected chi connectivity index (χ2v) is 10.9. The van der Waals surface area contributed by atoms with Crippen molar-refractivity contribution in [3.63, 3.8) is 0 Å². The fraction of sp³-hybridized carbons (Fsp3) is 0.353. The van der Waals surface area contributed by atoms with Crippen molar-refractivity contribution in [2.75, 3.05) is 7.11 Å². The average molecular weight is 369 g/mol. The van der Waals surface area contributed by atoms with Gasteiger partial charge in [-0.2, -0.15) is 0 Å². The molecule has 0 spiro atoms. The van der Waals surface area contributed by atoms with Crippen molar-refractivity contribution < 1.29 is 23.9 Å². The van der Waals surface area contributed by atoms with E-state index in [0.717, 1.165) is 18.1 Å². The number of phenolic OH excluding ortho intramolecular Hbond substituents is 1. The molecule has 0 saturated heterocycles. The number of carbonyl (C=O) groups is 1. The number of methoxy groups -OCH3 is 1. The first-order valence-electron chi connectivity index (χ1n) is 7.28. The predicted molar refractivity (Wildman–Crippen MR) is 102 cm³/mol. The summed E-state index contributed by atoms with van der Waals surface area (Å²) in [6.45, 7) is 15.3. The van der Waals surface area contributed by atoms with E-state index in [0.29, 0.717) is 15.5 Å². The number of hydrogen-bond acceptors (Lipinski definition) is 4. The Hall–Kier alpha value is -1.84. The summed E-state index contributed by atoms with van der Waals surface area (Å²) in [7, 11) is 1.06. The Morgan fingerprint density at radius 1 is 1.33 bits per heavy atom. The molecule has 134 valence electrons. The third kappa shape index (κ3) is 15.1. The van der Waals surface area contributed by atoms with E-state index in [9.17, 15) is 9.90 Å². The van der Waals surface area contributed by atoms with Gasteiger partial charge in [0.1, 0.15) is 0 Å². The van der Waals surface area contributed by atoms with E-state index in [1.54, 1.807) is 12.1 Å². The lowest BCUT2D eigenvalue weighted by atomic mass is 10.1. The maximum Gasteiger partial charge on any atom is 0.327 e. The fourth-order valence-corrected chi connectivity index (χ4v) is 3.77. The molecule has 2 N–H and O–H groups in total. The molecule has 0 heterocycles. The summed E-state index contributed by atoms with van der Waals surface area (Å²) in [6.07, 6.45) is 3.43. The molecule has 0 saturated carbocycles. The zero-order valence-electron chi connectivity index (χ0n) is 15.1. The smallest absolute Gasteiger partial charge is 0.327 e. The zero-order chi connectivity index (χ0) is 19.2. The molecule has 0 fully saturated rings. The molecule has 1 rings (SSSR count). The second-order valence-electron chi connectivity index (χ2n) is 5.46. The Bertz CT molecular complexity index is 510. The molecule has 1 aromatic rings. The quantitative estimate of drug-likeness (QED) is 0.452. The minimum Gasteiger partial charge on any atom is -0.504 e. The molecule has 24 heavy (non-hydrogen) atoms. The van der Waals surface area contributed by atoms with Crippen LogP contribution in [0.25, 0.3) is 0 Å². The molecular weight excluding hydrogens is 340 g/mol. The van der Waals surface area contributed by atoms with Crippen LogP contribution in [0.4, 0.5) is 0 Å².